The van der Waals surface area contributed by atoms with Crippen LogP contribution in [0.5, 0.6) is 0 Å². The number of rotatable bonds is 3. The smallest absolute Gasteiger partial charge is 0.0636 e. The van der Waals surface area contributed by atoms with Crippen LogP contribution in [0.15, 0.2) is 0 Å². The first-order valence-corrected chi connectivity index (χ1v) is 5.51. The van der Waals surface area contributed by atoms with Crippen molar-refractivity contribution in [3.05, 3.63) is 0 Å². The fourth-order valence-electron chi connectivity index (χ4n) is 2.07. The van der Waals surface area contributed by atoms with Gasteiger partial charge in [0.05, 0.1) is 6.10 Å². The first-order valence-electron chi connectivity index (χ1n) is 5.51. The summed E-state index contributed by atoms with van der Waals surface area (Å²) in [5, 5.41) is 12.6. The second-order valence-corrected chi connectivity index (χ2v) is 4.72. The quantitative estimate of drug-likeness (QED) is 0.702. The fraction of sp³-hybridized carbons (Fsp3) is 1.00. The van der Waals surface area contributed by atoms with Crippen molar-refractivity contribution < 1.29 is 5.11 Å². The second-order valence-electron chi connectivity index (χ2n) is 4.72. The van der Waals surface area contributed by atoms with Gasteiger partial charge in [0, 0.05) is 12.6 Å². The third-order valence-electron chi connectivity index (χ3n) is 3.30. The Morgan fingerprint density at radius 2 is 2.00 bits per heavy atom. The predicted molar refractivity (Wildman–Crippen MR) is 55.7 cm³/mol. The molecule has 0 bridgehead atoms. The predicted octanol–water partition coefficient (Wildman–Crippen LogP) is 1.78. The van der Waals surface area contributed by atoms with Gasteiger partial charge in [0.25, 0.3) is 0 Å². The van der Waals surface area contributed by atoms with E-state index in [2.05, 4.69) is 19.2 Å². The molecule has 13 heavy (non-hydrogen) atoms. The van der Waals surface area contributed by atoms with Gasteiger partial charge in [-0.1, -0.05) is 13.8 Å². The molecule has 0 radical (unpaired) electrons. The summed E-state index contributed by atoms with van der Waals surface area (Å²) in [7, 11) is 0. The lowest BCUT2D eigenvalue weighted by molar-refractivity contribution is 0.167. The highest BCUT2D eigenvalue weighted by Crippen LogP contribution is 2.29. The number of hydrogen-bond acceptors (Lipinski definition) is 2. The Labute approximate surface area is 81.7 Å². The van der Waals surface area contributed by atoms with Crippen molar-refractivity contribution in [1.82, 2.24) is 5.32 Å². The Morgan fingerprint density at radius 3 is 2.54 bits per heavy atom. The lowest BCUT2D eigenvalue weighted by Gasteiger charge is -2.32. The Kier molecular flexibility index (Phi) is 4.20. The SMILES string of the molecule is C[C@@H]1CC[C@@H](NC[C@@H](C)O)C[C@@H]1C. The van der Waals surface area contributed by atoms with Crippen molar-refractivity contribution in [1.29, 1.82) is 0 Å². The van der Waals surface area contributed by atoms with Gasteiger partial charge < -0.3 is 10.4 Å². The van der Waals surface area contributed by atoms with Crippen LogP contribution in [-0.4, -0.2) is 23.8 Å². The van der Waals surface area contributed by atoms with Crippen molar-refractivity contribution in [2.45, 2.75) is 52.2 Å². The Hall–Kier alpha value is -0.0800. The third-order valence-corrected chi connectivity index (χ3v) is 3.30. The zero-order valence-electron chi connectivity index (χ0n) is 9.09. The van der Waals surface area contributed by atoms with Gasteiger partial charge in [-0.25, -0.2) is 0 Å². The van der Waals surface area contributed by atoms with Crippen LogP contribution in [0.25, 0.3) is 0 Å². The van der Waals surface area contributed by atoms with Crippen LogP contribution < -0.4 is 5.32 Å². The largest absolute Gasteiger partial charge is 0.392 e. The molecule has 0 spiro atoms. The Balaban J connectivity index is 2.21. The molecule has 2 nitrogen and oxygen atoms in total. The highest BCUT2D eigenvalue weighted by Gasteiger charge is 2.23. The Morgan fingerprint density at radius 1 is 1.31 bits per heavy atom. The van der Waals surface area contributed by atoms with E-state index in [4.69, 9.17) is 5.11 Å². The highest BCUT2D eigenvalue weighted by molar-refractivity contribution is 4.79. The van der Waals surface area contributed by atoms with E-state index in [0.29, 0.717) is 6.04 Å². The number of aliphatic hydroxyl groups is 1. The molecule has 4 atom stereocenters. The molecule has 0 amide bonds. The second kappa shape index (κ2) is 4.97. The summed E-state index contributed by atoms with van der Waals surface area (Å²) < 4.78 is 0. The third kappa shape index (κ3) is 3.65. The van der Waals surface area contributed by atoms with Crippen LogP contribution in [0.4, 0.5) is 0 Å². The summed E-state index contributed by atoms with van der Waals surface area (Å²) in [6.07, 6.45) is 3.67. The fourth-order valence-corrected chi connectivity index (χ4v) is 2.07. The lowest BCUT2D eigenvalue weighted by Crippen LogP contribution is -2.39. The van der Waals surface area contributed by atoms with E-state index in [1.807, 2.05) is 6.92 Å². The number of aliphatic hydroxyl groups excluding tert-OH is 1. The van der Waals surface area contributed by atoms with Gasteiger partial charge in [-0.15, -0.1) is 0 Å². The summed E-state index contributed by atoms with van der Waals surface area (Å²) in [4.78, 5) is 0. The molecular weight excluding hydrogens is 162 g/mol. The first kappa shape index (κ1) is 11.0. The summed E-state index contributed by atoms with van der Waals surface area (Å²) in [6, 6.07) is 0.640. The van der Waals surface area contributed by atoms with Gasteiger partial charge >= 0.3 is 0 Å². The molecule has 0 aromatic carbocycles. The molecular formula is C11H23NO. The van der Waals surface area contributed by atoms with Gasteiger partial charge in [-0.3, -0.25) is 0 Å². The van der Waals surface area contributed by atoms with Crippen molar-refractivity contribution in [3.8, 4) is 0 Å². The molecule has 0 unspecified atom stereocenters. The number of hydrogen-bond donors (Lipinski definition) is 2. The summed E-state index contributed by atoms with van der Waals surface area (Å²) >= 11 is 0. The molecule has 0 saturated heterocycles. The van der Waals surface area contributed by atoms with E-state index in [1.54, 1.807) is 0 Å². The van der Waals surface area contributed by atoms with Gasteiger partial charge in [-0.05, 0) is 38.0 Å². The van der Waals surface area contributed by atoms with Crippen molar-refractivity contribution >= 4 is 0 Å². The topological polar surface area (TPSA) is 32.3 Å². The van der Waals surface area contributed by atoms with E-state index >= 15 is 0 Å². The van der Waals surface area contributed by atoms with Gasteiger partial charge in [0.15, 0.2) is 0 Å². The minimum absolute atomic E-state index is 0.213. The van der Waals surface area contributed by atoms with Crippen LogP contribution >= 0.6 is 0 Å². The van der Waals surface area contributed by atoms with Gasteiger partial charge in [0.1, 0.15) is 0 Å². The minimum Gasteiger partial charge on any atom is -0.392 e. The average molecular weight is 185 g/mol. The normalized spacial score (nSPS) is 37.4. The maximum absolute atomic E-state index is 9.14. The maximum Gasteiger partial charge on any atom is 0.0636 e. The standard InChI is InChI=1S/C11H23NO/c1-8-4-5-11(6-9(8)2)12-7-10(3)13/h8-13H,4-7H2,1-3H3/t8-,9+,10-,11-/m1/s1. The van der Waals surface area contributed by atoms with Crippen LogP contribution in [-0.2, 0) is 0 Å². The summed E-state index contributed by atoms with van der Waals surface area (Å²) in [6.45, 7) is 7.25. The van der Waals surface area contributed by atoms with E-state index in [0.717, 1.165) is 18.4 Å². The van der Waals surface area contributed by atoms with E-state index in [-0.39, 0.29) is 6.10 Å². The molecule has 78 valence electrons. The zero-order chi connectivity index (χ0) is 9.84. The molecule has 0 aromatic rings. The average Bonchev–Trinajstić information content (AvgIpc) is 2.07. The van der Waals surface area contributed by atoms with E-state index in [9.17, 15) is 0 Å². The zero-order valence-corrected chi connectivity index (χ0v) is 9.09. The molecule has 1 aliphatic carbocycles. The molecule has 0 heterocycles. The van der Waals surface area contributed by atoms with Gasteiger partial charge in [-0.2, -0.15) is 0 Å². The molecule has 1 aliphatic rings. The highest BCUT2D eigenvalue weighted by atomic mass is 16.3. The van der Waals surface area contributed by atoms with Crippen molar-refractivity contribution in [2.75, 3.05) is 6.54 Å². The molecule has 1 fully saturated rings. The Bertz CT molecular complexity index is 147. The van der Waals surface area contributed by atoms with Crippen LogP contribution in [0.1, 0.15) is 40.0 Å². The maximum atomic E-state index is 9.14. The summed E-state index contributed by atoms with van der Waals surface area (Å²) in [5.74, 6) is 1.71. The van der Waals surface area contributed by atoms with Crippen LogP contribution in [0.2, 0.25) is 0 Å². The molecule has 2 heteroatoms. The molecule has 1 saturated carbocycles. The molecule has 0 aliphatic heterocycles. The van der Waals surface area contributed by atoms with Gasteiger partial charge in [0.2, 0.25) is 0 Å². The molecule has 2 N–H and O–H groups in total. The van der Waals surface area contributed by atoms with E-state index < -0.39 is 0 Å². The van der Waals surface area contributed by atoms with Crippen molar-refractivity contribution in [3.63, 3.8) is 0 Å². The lowest BCUT2D eigenvalue weighted by atomic mass is 9.79. The molecule has 1 rings (SSSR count). The van der Waals surface area contributed by atoms with Crippen LogP contribution in [0.3, 0.4) is 0 Å². The van der Waals surface area contributed by atoms with Crippen LogP contribution in [0, 0.1) is 11.8 Å². The van der Waals surface area contributed by atoms with E-state index in [1.165, 1.54) is 19.3 Å². The summed E-state index contributed by atoms with van der Waals surface area (Å²) in [5.41, 5.74) is 0. The number of nitrogens with one attached hydrogen (secondary N) is 1. The first-order chi connectivity index (χ1) is 6.09. The van der Waals surface area contributed by atoms with Crippen molar-refractivity contribution in [2.24, 2.45) is 11.8 Å². The monoisotopic (exact) mass is 185 g/mol. The molecule has 0 aromatic heterocycles. The minimum atomic E-state index is -0.213.